The van der Waals surface area contributed by atoms with Crippen LogP contribution in [-0.2, 0) is 6.54 Å². The Morgan fingerprint density at radius 2 is 1.90 bits per heavy atom. The highest BCUT2D eigenvalue weighted by molar-refractivity contribution is 5.75. The molecular weight excluding hydrogens is 529 g/mol. The van der Waals surface area contributed by atoms with Gasteiger partial charge in [-0.15, -0.1) is 0 Å². The summed E-state index contributed by atoms with van der Waals surface area (Å²) < 4.78 is 25.5. The fourth-order valence-corrected chi connectivity index (χ4v) is 5.80. The zero-order valence-corrected chi connectivity index (χ0v) is 22.9. The number of ether oxygens (including phenoxy) is 2. The van der Waals surface area contributed by atoms with Gasteiger partial charge in [0.2, 0.25) is 0 Å². The molecule has 2 saturated heterocycles. The van der Waals surface area contributed by atoms with E-state index in [1.807, 2.05) is 12.1 Å². The molecular formula is C29H32FN7O4. The molecule has 1 spiro atoms. The third kappa shape index (κ3) is 5.87. The Bertz CT molecular complexity index is 1640. The number of benzene rings is 2. The molecule has 3 N–H and O–H groups in total. The number of fused-ring (bicyclic) bond motifs is 1. The fraction of sp³-hybridized carbons (Fsp3) is 0.379. The number of hydrogen-bond donors (Lipinski definition) is 3. The number of carbonyl (C=O) groups is 1. The second-order valence-corrected chi connectivity index (χ2v) is 11.2. The van der Waals surface area contributed by atoms with Gasteiger partial charge < -0.3 is 29.7 Å². The first-order chi connectivity index (χ1) is 19.7. The Kier molecular flexibility index (Phi) is 7.08. The van der Waals surface area contributed by atoms with Crippen molar-refractivity contribution >= 4 is 22.9 Å². The Balaban J connectivity index is 1.15. The summed E-state index contributed by atoms with van der Waals surface area (Å²) in [6.07, 6.45) is 4.42. The van der Waals surface area contributed by atoms with Gasteiger partial charge in [-0.2, -0.15) is 0 Å². The highest BCUT2D eigenvalue weighted by Crippen LogP contribution is 2.44. The largest absolute Gasteiger partial charge is 0.448 e. The number of rotatable bonds is 7. The molecule has 41 heavy (non-hydrogen) atoms. The SMILES string of the molecule is CC(C)NC(=O)Oc1cc(F)ccc1Oc1cncnc1N1CCC2(CCN(Cc3ccc4[nH]c(=O)[nH]c4c3)C2)C1. The van der Waals surface area contributed by atoms with Gasteiger partial charge in [-0.05, 0) is 63.1 Å². The lowest BCUT2D eigenvalue weighted by atomic mass is 9.86. The second kappa shape index (κ2) is 10.8. The average Bonchev–Trinajstić information content (AvgIpc) is 3.63. The van der Waals surface area contributed by atoms with Gasteiger partial charge in [-0.1, -0.05) is 6.07 Å². The van der Waals surface area contributed by atoms with Crippen molar-refractivity contribution < 1.29 is 18.7 Å². The zero-order valence-electron chi connectivity index (χ0n) is 22.9. The number of likely N-dealkylation sites (tertiary alicyclic amines) is 1. The van der Waals surface area contributed by atoms with Crippen molar-refractivity contribution in [2.45, 2.75) is 39.3 Å². The summed E-state index contributed by atoms with van der Waals surface area (Å²) in [5, 5.41) is 2.62. The molecule has 12 heteroatoms. The van der Waals surface area contributed by atoms with Crippen LogP contribution in [0.5, 0.6) is 17.2 Å². The molecule has 0 aliphatic carbocycles. The summed E-state index contributed by atoms with van der Waals surface area (Å²) in [6, 6.07) is 9.67. The van der Waals surface area contributed by atoms with Gasteiger partial charge in [0.1, 0.15) is 12.1 Å². The maximum Gasteiger partial charge on any atom is 0.412 e. The maximum absolute atomic E-state index is 14.0. The van der Waals surface area contributed by atoms with Crippen molar-refractivity contribution in [3.63, 3.8) is 0 Å². The first-order valence-electron chi connectivity index (χ1n) is 13.7. The number of amides is 1. The normalized spacial score (nSPS) is 19.0. The van der Waals surface area contributed by atoms with Crippen LogP contribution in [0.4, 0.5) is 15.0 Å². The highest BCUT2D eigenvalue weighted by atomic mass is 19.1. The summed E-state index contributed by atoms with van der Waals surface area (Å²) in [7, 11) is 0. The lowest BCUT2D eigenvalue weighted by molar-refractivity contribution is 0.196. The molecule has 6 rings (SSSR count). The number of nitrogens with one attached hydrogen (secondary N) is 3. The Morgan fingerprint density at radius 1 is 1.07 bits per heavy atom. The molecule has 1 unspecified atom stereocenters. The quantitative estimate of drug-likeness (QED) is 0.307. The van der Waals surface area contributed by atoms with Crippen LogP contribution in [0, 0.1) is 11.2 Å². The molecule has 2 fully saturated rings. The van der Waals surface area contributed by atoms with Crippen molar-refractivity contribution in [2.75, 3.05) is 31.1 Å². The van der Waals surface area contributed by atoms with E-state index in [0.29, 0.717) is 11.6 Å². The molecule has 2 aliphatic rings. The molecule has 2 aromatic carbocycles. The molecule has 0 saturated carbocycles. The van der Waals surface area contributed by atoms with Gasteiger partial charge in [0.05, 0.1) is 17.2 Å². The van der Waals surface area contributed by atoms with Crippen LogP contribution in [0.25, 0.3) is 11.0 Å². The summed E-state index contributed by atoms with van der Waals surface area (Å²) in [5.74, 6) is 0.628. The van der Waals surface area contributed by atoms with Gasteiger partial charge in [0.25, 0.3) is 0 Å². The van der Waals surface area contributed by atoms with Gasteiger partial charge >= 0.3 is 11.8 Å². The summed E-state index contributed by atoms with van der Waals surface area (Å²) >= 11 is 0. The minimum atomic E-state index is -0.700. The van der Waals surface area contributed by atoms with Crippen molar-refractivity contribution in [1.29, 1.82) is 0 Å². The van der Waals surface area contributed by atoms with Crippen LogP contribution >= 0.6 is 0 Å². The lowest BCUT2D eigenvalue weighted by Gasteiger charge is -2.26. The van der Waals surface area contributed by atoms with Crippen LogP contribution in [-0.4, -0.2) is 63.1 Å². The third-order valence-electron chi connectivity index (χ3n) is 7.64. The first-order valence-corrected chi connectivity index (χ1v) is 13.7. The van der Waals surface area contributed by atoms with Crippen LogP contribution < -0.4 is 25.4 Å². The number of H-pyrrole nitrogens is 2. The standard InChI is InChI=1S/C29H32FN7O4/c1-18(2)33-28(39)41-24-12-20(30)4-6-23(24)40-25-13-31-17-32-26(25)37-10-8-29(16-37)7-9-36(15-29)14-19-3-5-21-22(11-19)35-27(38)34-21/h3-6,11-13,17-18H,7-10,14-16H2,1-2H3,(H,33,39)(H2,34,35,38). The van der Waals surface area contributed by atoms with E-state index >= 15 is 0 Å². The van der Waals surface area contributed by atoms with E-state index < -0.39 is 11.9 Å². The van der Waals surface area contributed by atoms with Gasteiger partial charge in [0, 0.05) is 43.7 Å². The number of carbonyl (C=O) groups excluding carboxylic acids is 1. The second-order valence-electron chi connectivity index (χ2n) is 11.2. The van der Waals surface area contributed by atoms with Crippen LogP contribution in [0.3, 0.4) is 0 Å². The van der Waals surface area contributed by atoms with Crippen LogP contribution in [0.15, 0.2) is 53.7 Å². The Morgan fingerprint density at radius 3 is 2.76 bits per heavy atom. The number of anilines is 1. The van der Waals surface area contributed by atoms with E-state index in [9.17, 15) is 14.0 Å². The number of hydrogen-bond acceptors (Lipinski definition) is 8. The van der Waals surface area contributed by atoms with Gasteiger partial charge in [-0.3, -0.25) is 4.90 Å². The monoisotopic (exact) mass is 561 g/mol. The molecule has 2 aromatic heterocycles. The number of aromatic nitrogens is 4. The lowest BCUT2D eigenvalue weighted by Crippen LogP contribution is -2.32. The van der Waals surface area contributed by atoms with E-state index in [0.717, 1.165) is 68.2 Å². The van der Waals surface area contributed by atoms with E-state index in [2.05, 4.69) is 41.1 Å². The number of nitrogens with zero attached hydrogens (tertiary/aromatic N) is 4. The van der Waals surface area contributed by atoms with Crippen LogP contribution in [0.1, 0.15) is 32.3 Å². The van der Waals surface area contributed by atoms with Crippen molar-refractivity contribution in [3.8, 4) is 17.2 Å². The van der Waals surface area contributed by atoms with Gasteiger partial charge in [-0.25, -0.2) is 23.9 Å². The summed E-state index contributed by atoms with van der Waals surface area (Å²) in [6.45, 7) is 7.96. The fourth-order valence-electron chi connectivity index (χ4n) is 5.80. The van der Waals surface area contributed by atoms with Crippen molar-refractivity contribution in [3.05, 3.63) is 70.8 Å². The average molecular weight is 562 g/mol. The van der Waals surface area contributed by atoms with Crippen molar-refractivity contribution in [2.24, 2.45) is 5.41 Å². The Labute approximate surface area is 235 Å². The molecule has 214 valence electrons. The zero-order chi connectivity index (χ0) is 28.6. The highest BCUT2D eigenvalue weighted by Gasteiger charge is 2.44. The molecule has 0 radical (unpaired) electrons. The van der Waals surface area contributed by atoms with E-state index in [4.69, 9.17) is 9.47 Å². The van der Waals surface area contributed by atoms with E-state index in [1.54, 1.807) is 20.0 Å². The predicted octanol–water partition coefficient (Wildman–Crippen LogP) is 4.18. The molecule has 4 aromatic rings. The number of halogens is 1. The number of aromatic amines is 2. The summed E-state index contributed by atoms with van der Waals surface area (Å²) in [4.78, 5) is 42.8. The smallest absolute Gasteiger partial charge is 0.412 e. The topological polar surface area (TPSA) is 128 Å². The maximum atomic E-state index is 14.0. The minimum absolute atomic E-state index is 0.0378. The Hall–Kier alpha value is -4.45. The van der Waals surface area contributed by atoms with E-state index in [-0.39, 0.29) is 28.6 Å². The molecule has 2 aliphatic heterocycles. The van der Waals surface area contributed by atoms with Gasteiger partial charge in [0.15, 0.2) is 23.1 Å². The third-order valence-corrected chi connectivity index (χ3v) is 7.64. The molecule has 4 heterocycles. The molecule has 0 bridgehead atoms. The van der Waals surface area contributed by atoms with E-state index in [1.165, 1.54) is 18.5 Å². The molecule has 11 nitrogen and oxygen atoms in total. The molecule has 1 atom stereocenters. The molecule has 1 amide bonds. The predicted molar refractivity (Wildman–Crippen MR) is 151 cm³/mol. The van der Waals surface area contributed by atoms with Crippen LogP contribution in [0.2, 0.25) is 0 Å². The van der Waals surface area contributed by atoms with Crippen molar-refractivity contribution in [1.82, 2.24) is 30.2 Å². The summed E-state index contributed by atoms with van der Waals surface area (Å²) in [5.41, 5.74) is 2.71. The first kappa shape index (κ1) is 26.8. The minimum Gasteiger partial charge on any atom is -0.448 e. The number of imidazole rings is 1.